The van der Waals surface area contributed by atoms with Crippen molar-refractivity contribution >= 4 is 5.71 Å². The minimum absolute atomic E-state index is 0.655. The monoisotopic (exact) mass is 181 g/mol. The maximum atomic E-state index is 8.70. The highest BCUT2D eigenvalue weighted by molar-refractivity contribution is 5.84. The molecule has 0 aromatic rings. The summed E-state index contributed by atoms with van der Waals surface area (Å²) in [5, 5.41) is 12.0. The highest BCUT2D eigenvalue weighted by Gasteiger charge is 2.25. The number of rotatable bonds is 3. The van der Waals surface area contributed by atoms with Crippen LogP contribution in [0.15, 0.2) is 17.8 Å². The largest absolute Gasteiger partial charge is 0.411 e. The van der Waals surface area contributed by atoms with Crippen molar-refractivity contribution in [3.63, 3.8) is 0 Å². The van der Waals surface area contributed by atoms with Crippen molar-refractivity contribution in [1.82, 2.24) is 0 Å². The molecule has 0 aliphatic heterocycles. The molecule has 0 spiro atoms. The first-order chi connectivity index (χ1) is 6.31. The van der Waals surface area contributed by atoms with E-state index >= 15 is 0 Å². The van der Waals surface area contributed by atoms with Crippen LogP contribution in [0.2, 0.25) is 0 Å². The molecular formula is C11H19NO. The van der Waals surface area contributed by atoms with Crippen LogP contribution in [0, 0.1) is 11.8 Å². The van der Waals surface area contributed by atoms with E-state index < -0.39 is 0 Å². The Morgan fingerprint density at radius 3 is 2.92 bits per heavy atom. The summed E-state index contributed by atoms with van der Waals surface area (Å²) in [6, 6.07) is 0. The molecule has 0 radical (unpaired) electrons. The first kappa shape index (κ1) is 10.3. The molecule has 1 aliphatic carbocycles. The SMILES string of the molecule is C=CCC1C/C(=N/O)CCC1CC. The van der Waals surface area contributed by atoms with Crippen molar-refractivity contribution in [2.45, 2.75) is 39.0 Å². The van der Waals surface area contributed by atoms with Crippen molar-refractivity contribution in [2.24, 2.45) is 17.0 Å². The van der Waals surface area contributed by atoms with Gasteiger partial charge < -0.3 is 5.21 Å². The zero-order valence-corrected chi connectivity index (χ0v) is 8.37. The third-order valence-corrected chi connectivity index (χ3v) is 3.10. The highest BCUT2D eigenvalue weighted by atomic mass is 16.4. The van der Waals surface area contributed by atoms with Crippen LogP contribution in [-0.2, 0) is 0 Å². The standard InChI is InChI=1S/C11H19NO/c1-3-5-10-8-11(12-13)7-6-9(10)4-2/h3,9-10,13H,1,4-8H2,2H3/b12-11+. The Morgan fingerprint density at radius 2 is 2.38 bits per heavy atom. The zero-order valence-electron chi connectivity index (χ0n) is 8.37. The molecule has 74 valence electrons. The van der Waals surface area contributed by atoms with Crippen molar-refractivity contribution in [2.75, 3.05) is 0 Å². The Morgan fingerprint density at radius 1 is 1.62 bits per heavy atom. The number of nitrogens with zero attached hydrogens (tertiary/aromatic N) is 1. The van der Waals surface area contributed by atoms with E-state index in [1.54, 1.807) is 0 Å². The third kappa shape index (κ3) is 2.58. The lowest BCUT2D eigenvalue weighted by molar-refractivity contribution is 0.275. The van der Waals surface area contributed by atoms with Crippen LogP contribution in [0.3, 0.4) is 0 Å². The molecule has 1 fully saturated rings. The molecule has 13 heavy (non-hydrogen) atoms. The van der Waals surface area contributed by atoms with E-state index in [2.05, 4.69) is 18.7 Å². The average molecular weight is 181 g/mol. The Bertz CT molecular complexity index is 198. The van der Waals surface area contributed by atoms with Gasteiger partial charge in [-0.25, -0.2) is 0 Å². The first-order valence-corrected chi connectivity index (χ1v) is 5.12. The smallest absolute Gasteiger partial charge is 0.0573 e. The fourth-order valence-corrected chi connectivity index (χ4v) is 2.28. The molecule has 0 aromatic heterocycles. The Balaban J connectivity index is 2.56. The number of hydrogen-bond donors (Lipinski definition) is 1. The highest BCUT2D eigenvalue weighted by Crippen LogP contribution is 2.33. The normalized spacial score (nSPS) is 31.9. The summed E-state index contributed by atoms with van der Waals surface area (Å²) in [6.07, 6.45) is 7.38. The van der Waals surface area contributed by atoms with Gasteiger partial charge in [-0.2, -0.15) is 0 Å². The van der Waals surface area contributed by atoms with Crippen LogP contribution >= 0.6 is 0 Å². The molecule has 0 saturated heterocycles. The summed E-state index contributed by atoms with van der Waals surface area (Å²) in [6.45, 7) is 6.01. The maximum Gasteiger partial charge on any atom is 0.0573 e. The lowest BCUT2D eigenvalue weighted by atomic mass is 9.75. The molecule has 0 amide bonds. The van der Waals surface area contributed by atoms with Crippen molar-refractivity contribution in [1.29, 1.82) is 0 Å². The van der Waals surface area contributed by atoms with Crippen LogP contribution in [0.1, 0.15) is 39.0 Å². The summed E-state index contributed by atoms with van der Waals surface area (Å²) < 4.78 is 0. The van der Waals surface area contributed by atoms with E-state index in [0.717, 1.165) is 30.9 Å². The van der Waals surface area contributed by atoms with Gasteiger partial charge in [0, 0.05) is 0 Å². The fraction of sp³-hybridized carbons (Fsp3) is 0.727. The van der Waals surface area contributed by atoms with Gasteiger partial charge in [0.15, 0.2) is 0 Å². The molecule has 0 heterocycles. The number of hydrogen-bond acceptors (Lipinski definition) is 2. The van der Waals surface area contributed by atoms with Crippen molar-refractivity contribution < 1.29 is 5.21 Å². The molecule has 1 saturated carbocycles. The minimum atomic E-state index is 0.655. The Kier molecular flexibility index (Phi) is 4.00. The van der Waals surface area contributed by atoms with Gasteiger partial charge in [0.1, 0.15) is 0 Å². The van der Waals surface area contributed by atoms with E-state index in [1.807, 2.05) is 6.08 Å². The third-order valence-electron chi connectivity index (χ3n) is 3.10. The lowest BCUT2D eigenvalue weighted by Gasteiger charge is -2.30. The van der Waals surface area contributed by atoms with E-state index in [1.165, 1.54) is 12.8 Å². The van der Waals surface area contributed by atoms with Gasteiger partial charge >= 0.3 is 0 Å². The van der Waals surface area contributed by atoms with E-state index in [4.69, 9.17) is 5.21 Å². The van der Waals surface area contributed by atoms with Gasteiger partial charge in [0.25, 0.3) is 0 Å². The summed E-state index contributed by atoms with van der Waals surface area (Å²) in [4.78, 5) is 0. The molecule has 0 bridgehead atoms. The van der Waals surface area contributed by atoms with Gasteiger partial charge in [-0.1, -0.05) is 24.6 Å². The van der Waals surface area contributed by atoms with Gasteiger partial charge in [0.05, 0.1) is 5.71 Å². The maximum absolute atomic E-state index is 8.70. The molecule has 0 aromatic carbocycles. The Hall–Kier alpha value is -0.790. The molecule has 1 N–H and O–H groups in total. The van der Waals surface area contributed by atoms with Gasteiger partial charge in [-0.3, -0.25) is 0 Å². The summed E-state index contributed by atoms with van der Waals surface area (Å²) in [5.74, 6) is 1.45. The van der Waals surface area contributed by atoms with Crippen LogP contribution in [0.4, 0.5) is 0 Å². The zero-order chi connectivity index (χ0) is 9.68. The quantitative estimate of drug-likeness (QED) is 0.404. The lowest BCUT2D eigenvalue weighted by Crippen LogP contribution is -2.24. The molecule has 2 heteroatoms. The van der Waals surface area contributed by atoms with Gasteiger partial charge in [0.2, 0.25) is 0 Å². The second kappa shape index (κ2) is 5.05. The van der Waals surface area contributed by atoms with Crippen molar-refractivity contribution in [3.05, 3.63) is 12.7 Å². The second-order valence-electron chi connectivity index (χ2n) is 3.86. The number of allylic oxidation sites excluding steroid dienone is 1. The van der Waals surface area contributed by atoms with E-state index in [0.29, 0.717) is 5.92 Å². The van der Waals surface area contributed by atoms with Crippen LogP contribution in [0.5, 0.6) is 0 Å². The van der Waals surface area contributed by atoms with Crippen LogP contribution in [0.25, 0.3) is 0 Å². The predicted octanol–water partition coefficient (Wildman–Crippen LogP) is 3.22. The molecule has 2 atom stereocenters. The molecule has 1 aliphatic rings. The molecule has 2 unspecified atom stereocenters. The predicted molar refractivity (Wildman–Crippen MR) is 55.2 cm³/mol. The van der Waals surface area contributed by atoms with Crippen LogP contribution < -0.4 is 0 Å². The fourth-order valence-electron chi connectivity index (χ4n) is 2.28. The summed E-state index contributed by atoms with van der Waals surface area (Å²) >= 11 is 0. The molecule has 2 nitrogen and oxygen atoms in total. The van der Waals surface area contributed by atoms with Crippen LogP contribution in [-0.4, -0.2) is 10.9 Å². The van der Waals surface area contributed by atoms with Crippen molar-refractivity contribution in [3.8, 4) is 0 Å². The van der Waals surface area contributed by atoms with Gasteiger partial charge in [-0.05, 0) is 37.5 Å². The summed E-state index contributed by atoms with van der Waals surface area (Å²) in [7, 11) is 0. The topological polar surface area (TPSA) is 32.6 Å². The minimum Gasteiger partial charge on any atom is -0.411 e. The molecule has 1 rings (SSSR count). The summed E-state index contributed by atoms with van der Waals surface area (Å²) in [5.41, 5.74) is 0.969. The number of oxime groups is 1. The second-order valence-corrected chi connectivity index (χ2v) is 3.86. The first-order valence-electron chi connectivity index (χ1n) is 5.12. The average Bonchev–Trinajstić information content (AvgIpc) is 2.18. The van der Waals surface area contributed by atoms with E-state index in [9.17, 15) is 0 Å². The molecular weight excluding hydrogens is 162 g/mol. The van der Waals surface area contributed by atoms with E-state index in [-0.39, 0.29) is 0 Å². The Labute approximate surface area is 80.3 Å². The van der Waals surface area contributed by atoms with Gasteiger partial charge in [-0.15, -0.1) is 6.58 Å².